The van der Waals surface area contributed by atoms with Gasteiger partial charge in [0.2, 0.25) is 12.7 Å². The van der Waals surface area contributed by atoms with Gasteiger partial charge in [-0.25, -0.2) is 4.79 Å². The van der Waals surface area contributed by atoms with Gasteiger partial charge in [-0.3, -0.25) is 9.59 Å². The van der Waals surface area contributed by atoms with Crippen LogP contribution < -0.4 is 20.1 Å². The molecule has 0 spiro atoms. The minimum atomic E-state index is -0.664. The van der Waals surface area contributed by atoms with Gasteiger partial charge < -0.3 is 24.8 Å². The average molecular weight is 294 g/mol. The lowest BCUT2D eigenvalue weighted by Crippen LogP contribution is -2.37. The summed E-state index contributed by atoms with van der Waals surface area (Å²) in [5, 5.41) is 4.66. The highest BCUT2D eigenvalue weighted by Crippen LogP contribution is 2.32. The number of likely N-dealkylation sites (N-methyl/N-ethyl adjacent to an activating group) is 1. The first kappa shape index (κ1) is 14.6. The summed E-state index contributed by atoms with van der Waals surface area (Å²) < 4.78 is 15.1. The van der Waals surface area contributed by atoms with Crippen LogP contribution in [0.4, 0.5) is 0 Å². The molecule has 0 saturated carbocycles. The van der Waals surface area contributed by atoms with Crippen molar-refractivity contribution in [3.63, 3.8) is 0 Å². The van der Waals surface area contributed by atoms with Gasteiger partial charge in [-0.1, -0.05) is 0 Å². The summed E-state index contributed by atoms with van der Waals surface area (Å²) >= 11 is 0. The summed E-state index contributed by atoms with van der Waals surface area (Å²) in [5.74, 6) is -0.565. The topological polar surface area (TPSA) is 103 Å². The van der Waals surface area contributed by atoms with E-state index in [1.807, 2.05) is 0 Å². The number of amides is 2. The van der Waals surface area contributed by atoms with Gasteiger partial charge in [0.05, 0.1) is 12.1 Å². The minimum absolute atomic E-state index is 0.107. The Labute approximate surface area is 120 Å². The highest BCUT2D eigenvalue weighted by Gasteiger charge is 2.17. The van der Waals surface area contributed by atoms with Crippen molar-refractivity contribution in [2.24, 2.45) is 0 Å². The normalized spacial score (nSPS) is 11.7. The number of fused-ring (bicyclic) bond motifs is 1. The molecule has 1 aliphatic heterocycles. The summed E-state index contributed by atoms with van der Waals surface area (Å²) in [4.78, 5) is 34.1. The van der Waals surface area contributed by atoms with Crippen LogP contribution in [-0.4, -0.2) is 44.8 Å². The third kappa shape index (κ3) is 3.85. The Morgan fingerprint density at radius 1 is 1.19 bits per heavy atom. The first-order chi connectivity index (χ1) is 10.1. The van der Waals surface area contributed by atoms with Crippen LogP contribution in [0.5, 0.6) is 11.5 Å². The van der Waals surface area contributed by atoms with Crippen LogP contribution in [0, 0.1) is 0 Å². The number of hydrogen-bond acceptors (Lipinski definition) is 6. The van der Waals surface area contributed by atoms with Gasteiger partial charge in [0.1, 0.15) is 0 Å². The maximum absolute atomic E-state index is 11.8. The van der Waals surface area contributed by atoms with Crippen LogP contribution >= 0.6 is 0 Å². The fraction of sp³-hybridized carbons (Fsp3) is 0.308. The van der Waals surface area contributed by atoms with Gasteiger partial charge in [-0.15, -0.1) is 0 Å². The fourth-order valence-electron chi connectivity index (χ4n) is 1.56. The van der Waals surface area contributed by atoms with E-state index in [9.17, 15) is 14.4 Å². The highest BCUT2D eigenvalue weighted by atomic mass is 16.7. The van der Waals surface area contributed by atoms with Gasteiger partial charge in [0.15, 0.2) is 18.1 Å². The predicted molar refractivity (Wildman–Crippen MR) is 69.9 cm³/mol. The molecule has 1 heterocycles. The zero-order valence-corrected chi connectivity index (χ0v) is 11.3. The van der Waals surface area contributed by atoms with Crippen molar-refractivity contribution in [2.45, 2.75) is 0 Å². The van der Waals surface area contributed by atoms with Crippen molar-refractivity contribution in [3.8, 4) is 11.5 Å². The second kappa shape index (κ2) is 6.60. The lowest BCUT2D eigenvalue weighted by molar-refractivity contribution is -0.127. The molecule has 8 heteroatoms. The molecule has 0 radical (unpaired) electrons. The first-order valence-electron chi connectivity index (χ1n) is 6.14. The maximum Gasteiger partial charge on any atom is 0.338 e. The SMILES string of the molecule is CNC(=O)CNC(=O)COC(=O)c1ccc2c(c1)OCO2. The molecule has 1 aromatic carbocycles. The lowest BCUT2D eigenvalue weighted by atomic mass is 10.2. The molecule has 0 saturated heterocycles. The molecule has 1 aromatic rings. The minimum Gasteiger partial charge on any atom is -0.454 e. The van der Waals surface area contributed by atoms with Crippen LogP contribution in [-0.2, 0) is 14.3 Å². The molecular formula is C13H14N2O6. The quantitative estimate of drug-likeness (QED) is 0.705. The Hall–Kier alpha value is -2.77. The molecule has 0 atom stereocenters. The number of esters is 1. The second-order valence-corrected chi connectivity index (χ2v) is 4.09. The summed E-state index contributed by atoms with van der Waals surface area (Å²) in [5.41, 5.74) is 0.248. The molecule has 0 aromatic heterocycles. The van der Waals surface area contributed by atoms with E-state index in [-0.39, 0.29) is 24.8 Å². The monoisotopic (exact) mass is 294 g/mol. The zero-order valence-electron chi connectivity index (χ0n) is 11.3. The van der Waals surface area contributed by atoms with E-state index in [4.69, 9.17) is 14.2 Å². The third-order valence-corrected chi connectivity index (χ3v) is 2.67. The van der Waals surface area contributed by atoms with Crippen molar-refractivity contribution < 1.29 is 28.6 Å². The Morgan fingerprint density at radius 2 is 1.95 bits per heavy atom. The van der Waals surface area contributed by atoms with Crippen molar-refractivity contribution in [1.82, 2.24) is 10.6 Å². The number of hydrogen-bond donors (Lipinski definition) is 2. The predicted octanol–water partition coefficient (Wildman–Crippen LogP) is -0.566. The largest absolute Gasteiger partial charge is 0.454 e. The molecule has 2 N–H and O–H groups in total. The first-order valence-corrected chi connectivity index (χ1v) is 6.14. The smallest absolute Gasteiger partial charge is 0.338 e. The fourth-order valence-corrected chi connectivity index (χ4v) is 1.56. The highest BCUT2D eigenvalue weighted by molar-refractivity contribution is 5.92. The molecule has 2 amide bonds. The molecule has 21 heavy (non-hydrogen) atoms. The standard InChI is InChI=1S/C13H14N2O6/c1-14-11(16)5-15-12(17)6-19-13(18)8-2-3-9-10(4-8)21-7-20-9/h2-4H,5-7H2,1H3,(H,14,16)(H,15,17). The molecular weight excluding hydrogens is 280 g/mol. The number of ether oxygens (including phenoxy) is 3. The molecule has 8 nitrogen and oxygen atoms in total. The van der Waals surface area contributed by atoms with Gasteiger partial charge in [0, 0.05) is 7.05 Å². The van der Waals surface area contributed by atoms with Crippen LogP contribution in [0.25, 0.3) is 0 Å². The van der Waals surface area contributed by atoms with E-state index in [1.165, 1.54) is 19.2 Å². The lowest BCUT2D eigenvalue weighted by Gasteiger charge is -2.06. The molecule has 2 rings (SSSR count). The van der Waals surface area contributed by atoms with E-state index < -0.39 is 18.5 Å². The van der Waals surface area contributed by atoms with Crippen molar-refractivity contribution in [1.29, 1.82) is 0 Å². The van der Waals surface area contributed by atoms with E-state index in [0.717, 1.165) is 0 Å². The second-order valence-electron chi connectivity index (χ2n) is 4.09. The van der Waals surface area contributed by atoms with Crippen LogP contribution in [0.2, 0.25) is 0 Å². The summed E-state index contributed by atoms with van der Waals surface area (Å²) in [6.07, 6.45) is 0. The molecule has 0 unspecified atom stereocenters. The molecule has 0 aliphatic carbocycles. The van der Waals surface area contributed by atoms with Crippen LogP contribution in [0.15, 0.2) is 18.2 Å². The molecule has 1 aliphatic rings. The number of benzene rings is 1. The van der Waals surface area contributed by atoms with Gasteiger partial charge >= 0.3 is 5.97 Å². The number of rotatable bonds is 5. The van der Waals surface area contributed by atoms with E-state index >= 15 is 0 Å². The molecule has 0 bridgehead atoms. The Morgan fingerprint density at radius 3 is 2.71 bits per heavy atom. The van der Waals surface area contributed by atoms with Gasteiger partial charge in [-0.05, 0) is 18.2 Å². The van der Waals surface area contributed by atoms with E-state index in [1.54, 1.807) is 6.07 Å². The Kier molecular flexibility index (Phi) is 4.60. The van der Waals surface area contributed by atoms with E-state index in [2.05, 4.69) is 10.6 Å². The Bertz CT molecular complexity index is 572. The van der Waals surface area contributed by atoms with Crippen molar-refractivity contribution in [3.05, 3.63) is 23.8 Å². The number of nitrogens with one attached hydrogen (secondary N) is 2. The van der Waals surface area contributed by atoms with Crippen LogP contribution in [0.1, 0.15) is 10.4 Å². The third-order valence-electron chi connectivity index (χ3n) is 2.67. The Balaban J connectivity index is 1.82. The van der Waals surface area contributed by atoms with Crippen molar-refractivity contribution >= 4 is 17.8 Å². The number of carbonyl (C=O) groups excluding carboxylic acids is 3. The van der Waals surface area contributed by atoms with Crippen LogP contribution in [0.3, 0.4) is 0 Å². The average Bonchev–Trinajstić information content (AvgIpc) is 2.97. The molecule has 112 valence electrons. The molecule has 0 fully saturated rings. The number of carbonyl (C=O) groups is 3. The van der Waals surface area contributed by atoms with E-state index in [0.29, 0.717) is 11.5 Å². The summed E-state index contributed by atoms with van der Waals surface area (Å²) in [6, 6.07) is 4.58. The zero-order chi connectivity index (χ0) is 15.2. The maximum atomic E-state index is 11.8. The van der Waals surface area contributed by atoms with Gasteiger partial charge in [0.25, 0.3) is 5.91 Å². The summed E-state index contributed by atoms with van der Waals surface area (Å²) in [7, 11) is 1.45. The van der Waals surface area contributed by atoms with Crippen molar-refractivity contribution in [2.75, 3.05) is 27.0 Å². The summed E-state index contributed by atoms with van der Waals surface area (Å²) in [6.45, 7) is -0.531. The van der Waals surface area contributed by atoms with Gasteiger partial charge in [-0.2, -0.15) is 0 Å².